The predicted molar refractivity (Wildman–Crippen MR) is 116 cm³/mol. The van der Waals surface area contributed by atoms with Crippen LogP contribution in [0.25, 0.3) is 10.9 Å². The lowest BCUT2D eigenvalue weighted by molar-refractivity contribution is -0.126. The smallest absolute Gasteiger partial charge is 0.223 e. The fraction of sp³-hybridized carbons (Fsp3) is 0.375. The van der Waals surface area contributed by atoms with Gasteiger partial charge in [0.2, 0.25) is 5.91 Å². The number of benzene rings is 2. The Morgan fingerprint density at radius 1 is 1.10 bits per heavy atom. The zero-order valence-corrected chi connectivity index (χ0v) is 17.2. The molecule has 2 heterocycles. The first-order valence-electron chi connectivity index (χ1n) is 10.3. The number of carbonyl (C=O) groups is 1. The molecule has 0 radical (unpaired) electrons. The summed E-state index contributed by atoms with van der Waals surface area (Å²) in [4.78, 5) is 15.0. The monoisotopic (exact) mass is 391 g/mol. The van der Waals surface area contributed by atoms with Gasteiger partial charge in [0, 0.05) is 43.2 Å². The van der Waals surface area contributed by atoms with Gasteiger partial charge in [-0.05, 0) is 55.3 Å². The molecule has 1 amide bonds. The molecular formula is C24H29N3O2. The number of nitrogens with zero attached hydrogens (tertiary/aromatic N) is 2. The lowest BCUT2D eigenvalue weighted by Crippen LogP contribution is -2.40. The predicted octanol–water partition coefficient (Wildman–Crippen LogP) is 3.72. The van der Waals surface area contributed by atoms with Crippen LogP contribution >= 0.6 is 0 Å². The van der Waals surface area contributed by atoms with Crippen molar-refractivity contribution in [2.24, 2.45) is 13.0 Å². The van der Waals surface area contributed by atoms with Gasteiger partial charge in [-0.3, -0.25) is 9.69 Å². The van der Waals surface area contributed by atoms with Crippen molar-refractivity contribution in [1.82, 2.24) is 14.8 Å². The van der Waals surface area contributed by atoms with Crippen molar-refractivity contribution in [1.29, 1.82) is 0 Å². The summed E-state index contributed by atoms with van der Waals surface area (Å²) in [6.45, 7) is 3.44. The molecule has 0 bridgehead atoms. The summed E-state index contributed by atoms with van der Waals surface area (Å²) in [5.41, 5.74) is 3.73. The van der Waals surface area contributed by atoms with E-state index in [9.17, 15) is 4.79 Å². The van der Waals surface area contributed by atoms with E-state index in [0.29, 0.717) is 6.54 Å². The number of ether oxygens (including phenoxy) is 1. The highest BCUT2D eigenvalue weighted by atomic mass is 16.5. The molecule has 5 nitrogen and oxygen atoms in total. The number of hydrogen-bond donors (Lipinski definition) is 1. The number of likely N-dealkylation sites (tertiary alicyclic amines) is 1. The van der Waals surface area contributed by atoms with Crippen LogP contribution in [0.2, 0.25) is 0 Å². The summed E-state index contributed by atoms with van der Waals surface area (Å²) < 4.78 is 7.37. The Balaban J connectivity index is 1.27. The van der Waals surface area contributed by atoms with Gasteiger partial charge in [0.1, 0.15) is 5.75 Å². The summed E-state index contributed by atoms with van der Waals surface area (Å²) in [6, 6.07) is 16.4. The molecule has 3 aromatic rings. The van der Waals surface area contributed by atoms with Gasteiger partial charge >= 0.3 is 0 Å². The molecule has 0 atom stereocenters. The fourth-order valence-corrected chi connectivity index (χ4v) is 4.22. The van der Waals surface area contributed by atoms with Gasteiger partial charge in [-0.2, -0.15) is 0 Å². The molecule has 1 aliphatic heterocycles. The highest BCUT2D eigenvalue weighted by Gasteiger charge is 2.25. The molecular weight excluding hydrogens is 362 g/mol. The van der Waals surface area contributed by atoms with Crippen LogP contribution in [0.4, 0.5) is 0 Å². The minimum atomic E-state index is 0.108. The molecule has 1 N–H and O–H groups in total. The van der Waals surface area contributed by atoms with E-state index in [1.165, 1.54) is 16.5 Å². The van der Waals surface area contributed by atoms with Crippen molar-refractivity contribution in [3.8, 4) is 5.75 Å². The minimum Gasteiger partial charge on any atom is -0.497 e. The van der Waals surface area contributed by atoms with Crippen molar-refractivity contribution in [2.45, 2.75) is 25.9 Å². The Bertz CT molecular complexity index is 969. The first kappa shape index (κ1) is 19.5. The summed E-state index contributed by atoms with van der Waals surface area (Å²) in [5, 5.41) is 4.42. The van der Waals surface area contributed by atoms with Gasteiger partial charge in [-0.1, -0.05) is 30.3 Å². The second kappa shape index (κ2) is 8.70. The van der Waals surface area contributed by atoms with Crippen molar-refractivity contribution < 1.29 is 9.53 Å². The fourth-order valence-electron chi connectivity index (χ4n) is 4.22. The number of methoxy groups -OCH3 is 1. The third kappa shape index (κ3) is 4.46. The Morgan fingerprint density at radius 2 is 1.83 bits per heavy atom. The molecule has 4 rings (SSSR count). The Hall–Kier alpha value is -2.79. The van der Waals surface area contributed by atoms with Crippen molar-refractivity contribution in [3.05, 3.63) is 65.9 Å². The summed E-state index contributed by atoms with van der Waals surface area (Å²) in [6.07, 6.45) is 4.07. The number of carbonyl (C=O) groups excluding carboxylic acids is 1. The zero-order valence-electron chi connectivity index (χ0n) is 17.2. The maximum absolute atomic E-state index is 12.6. The summed E-state index contributed by atoms with van der Waals surface area (Å²) >= 11 is 0. The molecule has 0 unspecified atom stereocenters. The van der Waals surface area contributed by atoms with Crippen LogP contribution in [-0.4, -0.2) is 35.6 Å². The van der Waals surface area contributed by atoms with E-state index < -0.39 is 0 Å². The molecule has 1 fully saturated rings. The second-order valence-corrected chi connectivity index (χ2v) is 7.90. The van der Waals surface area contributed by atoms with Crippen LogP contribution in [0.3, 0.4) is 0 Å². The quantitative estimate of drug-likeness (QED) is 0.697. The standard InChI is InChI=1S/C24H29N3O2/c1-26-16-20(22-5-3-4-6-23(22)26)17-27-13-11-19(12-14-27)24(28)25-15-18-7-9-21(29-2)10-8-18/h3-10,16,19H,11-15,17H2,1-2H3,(H,25,28). The number of amides is 1. The Morgan fingerprint density at radius 3 is 2.55 bits per heavy atom. The summed E-state index contributed by atoms with van der Waals surface area (Å²) in [5.74, 6) is 1.11. The van der Waals surface area contributed by atoms with Crippen LogP contribution in [0.5, 0.6) is 5.75 Å². The highest BCUT2D eigenvalue weighted by Crippen LogP contribution is 2.24. The maximum atomic E-state index is 12.6. The van der Waals surface area contributed by atoms with E-state index in [4.69, 9.17) is 4.74 Å². The maximum Gasteiger partial charge on any atom is 0.223 e. The Kier molecular flexibility index (Phi) is 5.86. The van der Waals surface area contributed by atoms with E-state index >= 15 is 0 Å². The molecule has 0 spiro atoms. The zero-order chi connectivity index (χ0) is 20.2. The van der Waals surface area contributed by atoms with Crippen molar-refractivity contribution >= 4 is 16.8 Å². The van der Waals surface area contributed by atoms with Crippen LogP contribution in [-0.2, 0) is 24.9 Å². The molecule has 29 heavy (non-hydrogen) atoms. The molecule has 152 valence electrons. The number of aromatic nitrogens is 1. The number of aryl methyl sites for hydroxylation is 1. The van der Waals surface area contributed by atoms with Crippen LogP contribution in [0.15, 0.2) is 54.7 Å². The minimum absolute atomic E-state index is 0.108. The Labute approximate surface area is 172 Å². The van der Waals surface area contributed by atoms with E-state index in [0.717, 1.165) is 43.8 Å². The van der Waals surface area contributed by atoms with E-state index in [1.54, 1.807) is 7.11 Å². The van der Waals surface area contributed by atoms with Crippen molar-refractivity contribution in [3.63, 3.8) is 0 Å². The normalized spacial score (nSPS) is 15.5. The summed E-state index contributed by atoms with van der Waals surface area (Å²) in [7, 11) is 3.76. The van der Waals surface area contributed by atoms with Gasteiger partial charge < -0.3 is 14.6 Å². The van der Waals surface area contributed by atoms with Crippen molar-refractivity contribution in [2.75, 3.05) is 20.2 Å². The first-order chi connectivity index (χ1) is 14.1. The van der Waals surface area contributed by atoms with Crippen LogP contribution in [0, 0.1) is 5.92 Å². The molecule has 0 saturated carbocycles. The number of nitrogens with one attached hydrogen (secondary N) is 1. The van der Waals surface area contributed by atoms with E-state index in [1.807, 2.05) is 24.3 Å². The molecule has 0 aliphatic carbocycles. The average molecular weight is 392 g/mol. The lowest BCUT2D eigenvalue weighted by atomic mass is 9.95. The van der Waals surface area contributed by atoms with E-state index in [-0.39, 0.29) is 11.8 Å². The topological polar surface area (TPSA) is 46.5 Å². The molecule has 5 heteroatoms. The second-order valence-electron chi connectivity index (χ2n) is 7.90. The van der Waals surface area contributed by atoms with E-state index in [2.05, 4.69) is 52.3 Å². The number of para-hydroxylation sites is 1. The molecule has 1 aliphatic rings. The molecule has 1 aromatic heterocycles. The third-order valence-electron chi connectivity index (χ3n) is 5.96. The molecule has 1 saturated heterocycles. The van der Waals surface area contributed by atoms with Crippen LogP contribution in [0.1, 0.15) is 24.0 Å². The average Bonchev–Trinajstić information content (AvgIpc) is 3.08. The number of fused-ring (bicyclic) bond motifs is 1. The van der Waals surface area contributed by atoms with Gasteiger partial charge in [0.25, 0.3) is 0 Å². The number of hydrogen-bond acceptors (Lipinski definition) is 3. The first-order valence-corrected chi connectivity index (χ1v) is 10.3. The molecule has 2 aromatic carbocycles. The lowest BCUT2D eigenvalue weighted by Gasteiger charge is -2.31. The number of rotatable bonds is 6. The highest BCUT2D eigenvalue weighted by molar-refractivity contribution is 5.83. The largest absolute Gasteiger partial charge is 0.497 e. The third-order valence-corrected chi connectivity index (χ3v) is 5.96. The van der Waals surface area contributed by atoms with Crippen LogP contribution < -0.4 is 10.1 Å². The van der Waals surface area contributed by atoms with Gasteiger partial charge in [0.15, 0.2) is 0 Å². The SMILES string of the molecule is COc1ccc(CNC(=O)C2CCN(Cc3cn(C)c4ccccc34)CC2)cc1. The van der Waals surface area contributed by atoms with Gasteiger partial charge in [-0.25, -0.2) is 0 Å². The van der Waals surface area contributed by atoms with Gasteiger partial charge in [-0.15, -0.1) is 0 Å². The van der Waals surface area contributed by atoms with Gasteiger partial charge in [0.05, 0.1) is 7.11 Å². The number of piperidine rings is 1.